The van der Waals surface area contributed by atoms with E-state index in [1.54, 1.807) is 19.2 Å². The molecule has 2 aromatic carbocycles. The summed E-state index contributed by atoms with van der Waals surface area (Å²) in [5.41, 5.74) is 5.26. The number of likely N-dealkylation sites (tertiary alicyclic amines) is 1. The molecule has 3 aromatic rings. The Morgan fingerprint density at radius 1 is 1.02 bits per heavy atom. The summed E-state index contributed by atoms with van der Waals surface area (Å²) in [6, 6.07) is 16.9. The molecule has 0 bridgehead atoms. The van der Waals surface area contributed by atoms with Crippen LogP contribution in [-0.2, 0) is 6.54 Å². The standard InChI is InChI=1S/C35H47N5O3/c1-24(2)38-34(41)29-20-25(3)33(26(4)21-29)35(42)37-17-13-27(5)39-18-14-30(15-19-39)40(31-8-7-16-36-22-31)23-28-9-11-32(43-6)12-10-28/h7-12,16,20-22,24,27,30H,13-15,17-19,23H2,1-6H3,(H,37,42)(H,38,41)/t27-/m1/s1. The van der Waals surface area contributed by atoms with Gasteiger partial charge in [-0.2, -0.15) is 0 Å². The van der Waals surface area contributed by atoms with E-state index < -0.39 is 0 Å². The van der Waals surface area contributed by atoms with Gasteiger partial charge in [0.2, 0.25) is 0 Å². The zero-order valence-corrected chi connectivity index (χ0v) is 26.5. The van der Waals surface area contributed by atoms with Gasteiger partial charge in [-0.25, -0.2) is 0 Å². The van der Waals surface area contributed by atoms with Crippen molar-refractivity contribution >= 4 is 17.5 Å². The third kappa shape index (κ3) is 8.57. The number of nitrogens with zero attached hydrogens (tertiary/aromatic N) is 3. The number of hydrogen-bond acceptors (Lipinski definition) is 6. The van der Waals surface area contributed by atoms with Gasteiger partial charge in [0.05, 0.1) is 19.0 Å². The Labute approximate surface area is 256 Å². The lowest BCUT2D eigenvalue weighted by atomic mass is 9.98. The van der Waals surface area contributed by atoms with Gasteiger partial charge in [-0.3, -0.25) is 14.6 Å². The van der Waals surface area contributed by atoms with E-state index in [0.29, 0.717) is 29.8 Å². The maximum Gasteiger partial charge on any atom is 0.251 e. The van der Waals surface area contributed by atoms with E-state index in [9.17, 15) is 9.59 Å². The first-order chi connectivity index (χ1) is 20.7. The average molecular weight is 586 g/mol. The number of hydrogen-bond donors (Lipinski definition) is 2. The second kappa shape index (κ2) is 15.0. The Hall–Kier alpha value is -3.91. The minimum Gasteiger partial charge on any atom is -0.497 e. The maximum atomic E-state index is 13.1. The predicted octanol–water partition coefficient (Wildman–Crippen LogP) is 5.52. The molecule has 0 radical (unpaired) electrons. The molecule has 0 saturated carbocycles. The molecule has 0 aliphatic carbocycles. The SMILES string of the molecule is COc1ccc(CN(c2cccnc2)C2CCN([C@H](C)CCNC(=O)c3c(C)cc(C(=O)NC(C)C)cc3C)CC2)cc1. The molecular formula is C35H47N5O3. The molecule has 1 aliphatic heterocycles. The lowest BCUT2D eigenvalue weighted by Crippen LogP contribution is -2.48. The number of ether oxygens (including phenoxy) is 1. The van der Waals surface area contributed by atoms with Gasteiger partial charge in [-0.05, 0) is 107 Å². The molecule has 4 rings (SSSR count). The Morgan fingerprint density at radius 3 is 2.28 bits per heavy atom. The first kappa shape index (κ1) is 32.0. The third-order valence-corrected chi connectivity index (χ3v) is 8.34. The van der Waals surface area contributed by atoms with Crippen molar-refractivity contribution in [1.29, 1.82) is 0 Å². The Morgan fingerprint density at radius 2 is 1.70 bits per heavy atom. The summed E-state index contributed by atoms with van der Waals surface area (Å²) in [5.74, 6) is 0.668. The summed E-state index contributed by atoms with van der Waals surface area (Å²) in [6.45, 7) is 13.4. The van der Waals surface area contributed by atoms with Crippen LogP contribution >= 0.6 is 0 Å². The fourth-order valence-electron chi connectivity index (χ4n) is 5.98. The molecule has 1 atom stereocenters. The highest BCUT2D eigenvalue weighted by atomic mass is 16.5. The van der Waals surface area contributed by atoms with Crippen LogP contribution in [0, 0.1) is 13.8 Å². The molecule has 1 aromatic heterocycles. The van der Waals surface area contributed by atoms with Gasteiger partial charge in [0.15, 0.2) is 0 Å². The number of amides is 2. The lowest BCUT2D eigenvalue weighted by Gasteiger charge is -2.41. The lowest BCUT2D eigenvalue weighted by molar-refractivity contribution is 0.0930. The summed E-state index contributed by atoms with van der Waals surface area (Å²) >= 11 is 0. The van der Waals surface area contributed by atoms with E-state index in [1.807, 2.05) is 58.3 Å². The molecule has 2 amide bonds. The van der Waals surface area contributed by atoms with Crippen molar-refractivity contribution in [3.63, 3.8) is 0 Å². The molecular weight excluding hydrogens is 538 g/mol. The van der Waals surface area contributed by atoms with Crippen molar-refractivity contribution in [2.75, 3.05) is 31.6 Å². The average Bonchev–Trinajstić information content (AvgIpc) is 3.00. The monoisotopic (exact) mass is 585 g/mol. The molecule has 8 heteroatoms. The summed E-state index contributed by atoms with van der Waals surface area (Å²) in [5, 5.41) is 6.04. The normalized spacial score (nSPS) is 14.8. The molecule has 2 heterocycles. The Balaban J connectivity index is 1.30. The van der Waals surface area contributed by atoms with Gasteiger partial charge < -0.3 is 25.2 Å². The van der Waals surface area contributed by atoms with E-state index in [-0.39, 0.29) is 17.9 Å². The molecule has 1 fully saturated rings. The highest BCUT2D eigenvalue weighted by Gasteiger charge is 2.27. The van der Waals surface area contributed by atoms with Crippen molar-refractivity contribution in [2.45, 2.75) is 78.6 Å². The fourth-order valence-corrected chi connectivity index (χ4v) is 5.98. The largest absolute Gasteiger partial charge is 0.497 e. The zero-order valence-electron chi connectivity index (χ0n) is 26.5. The fraction of sp³-hybridized carbons (Fsp3) is 0.457. The number of aryl methyl sites for hydroxylation is 2. The topological polar surface area (TPSA) is 86.8 Å². The second-order valence-corrected chi connectivity index (χ2v) is 12.0. The molecule has 0 spiro atoms. The highest BCUT2D eigenvalue weighted by molar-refractivity contribution is 6.00. The minimum atomic E-state index is -0.116. The second-order valence-electron chi connectivity index (χ2n) is 12.0. The summed E-state index contributed by atoms with van der Waals surface area (Å²) in [6.07, 6.45) is 6.79. The molecule has 0 unspecified atom stereocenters. The number of methoxy groups -OCH3 is 1. The van der Waals surface area contributed by atoms with Crippen molar-refractivity contribution < 1.29 is 14.3 Å². The number of anilines is 1. The van der Waals surface area contributed by atoms with Gasteiger partial charge in [0, 0.05) is 61.6 Å². The van der Waals surface area contributed by atoms with Crippen LogP contribution in [0.4, 0.5) is 5.69 Å². The Bertz CT molecular complexity index is 1330. The van der Waals surface area contributed by atoms with Crippen LogP contribution in [0.3, 0.4) is 0 Å². The summed E-state index contributed by atoms with van der Waals surface area (Å²) < 4.78 is 5.34. The number of carbonyl (C=O) groups is 2. The molecule has 2 N–H and O–H groups in total. The van der Waals surface area contributed by atoms with E-state index in [4.69, 9.17) is 4.74 Å². The van der Waals surface area contributed by atoms with E-state index in [1.165, 1.54) is 5.56 Å². The van der Waals surface area contributed by atoms with Gasteiger partial charge in [0.25, 0.3) is 11.8 Å². The van der Waals surface area contributed by atoms with Gasteiger partial charge in [-0.1, -0.05) is 12.1 Å². The van der Waals surface area contributed by atoms with Gasteiger partial charge in [0.1, 0.15) is 5.75 Å². The Kier molecular flexibility index (Phi) is 11.2. The van der Waals surface area contributed by atoms with E-state index in [0.717, 1.165) is 61.5 Å². The number of aromatic nitrogens is 1. The van der Waals surface area contributed by atoms with Crippen LogP contribution < -0.4 is 20.3 Å². The molecule has 8 nitrogen and oxygen atoms in total. The number of pyridine rings is 1. The third-order valence-electron chi connectivity index (χ3n) is 8.34. The number of piperidine rings is 1. The number of rotatable bonds is 12. The summed E-state index contributed by atoms with van der Waals surface area (Å²) in [4.78, 5) is 35.0. The zero-order chi connectivity index (χ0) is 30.9. The van der Waals surface area contributed by atoms with Crippen LogP contribution in [0.15, 0.2) is 60.9 Å². The minimum absolute atomic E-state index is 0.0586. The molecule has 43 heavy (non-hydrogen) atoms. The molecule has 230 valence electrons. The number of benzene rings is 2. The van der Waals surface area contributed by atoms with E-state index in [2.05, 4.69) is 50.5 Å². The molecule has 1 saturated heterocycles. The first-order valence-corrected chi connectivity index (χ1v) is 15.4. The summed E-state index contributed by atoms with van der Waals surface area (Å²) in [7, 11) is 1.69. The van der Waals surface area contributed by atoms with Crippen LogP contribution in [0.1, 0.15) is 77.4 Å². The van der Waals surface area contributed by atoms with Crippen molar-refractivity contribution in [1.82, 2.24) is 20.5 Å². The highest BCUT2D eigenvalue weighted by Crippen LogP contribution is 2.27. The predicted molar refractivity (Wildman–Crippen MR) is 173 cm³/mol. The molecule has 1 aliphatic rings. The van der Waals surface area contributed by atoms with Gasteiger partial charge >= 0.3 is 0 Å². The van der Waals surface area contributed by atoms with Crippen LogP contribution in [0.2, 0.25) is 0 Å². The van der Waals surface area contributed by atoms with Crippen LogP contribution in [0.25, 0.3) is 0 Å². The van der Waals surface area contributed by atoms with E-state index >= 15 is 0 Å². The van der Waals surface area contributed by atoms with Crippen molar-refractivity contribution in [2.24, 2.45) is 0 Å². The first-order valence-electron chi connectivity index (χ1n) is 15.4. The van der Waals surface area contributed by atoms with Crippen LogP contribution in [0.5, 0.6) is 5.75 Å². The number of nitrogens with one attached hydrogen (secondary N) is 2. The van der Waals surface area contributed by atoms with Crippen LogP contribution in [-0.4, -0.2) is 66.6 Å². The quantitative estimate of drug-likeness (QED) is 0.291. The maximum absolute atomic E-state index is 13.1. The number of carbonyl (C=O) groups excluding carboxylic acids is 2. The van der Waals surface area contributed by atoms with Gasteiger partial charge in [-0.15, -0.1) is 0 Å². The smallest absolute Gasteiger partial charge is 0.251 e. The van der Waals surface area contributed by atoms with Crippen molar-refractivity contribution in [3.8, 4) is 5.75 Å². The van der Waals surface area contributed by atoms with Crippen molar-refractivity contribution in [3.05, 3.63) is 88.7 Å².